The smallest absolute Gasteiger partial charge is 0.0726 e. The summed E-state index contributed by atoms with van der Waals surface area (Å²) < 4.78 is 0. The standard InChI is InChI=1S/C74H49N/c1-2-20-49-46(19-1)41-61(54-25-7-3-21-50(49)54)65-44-64-60-30-12-16-34-70(60)74(68-32-14-10-27-57(68)58-28-11-15-33-69(58)74)71(64)45-72(65)75(48-36-38-67-63(43-48)59-29-9-13-31-66(59)73(67)39-17-18-40-73)47-35-37-56-53-24-5-4-22-51(53)52-23-6-8-26-55(52)62(56)42-47/h1-16,19-38,41-45H,17-18,39-40H2. The van der Waals surface area contributed by atoms with Gasteiger partial charge < -0.3 is 4.90 Å². The van der Waals surface area contributed by atoms with Crippen LogP contribution in [0.2, 0.25) is 0 Å². The molecule has 1 fully saturated rings. The highest BCUT2D eigenvalue weighted by Gasteiger charge is 2.52. The molecule has 4 aliphatic carbocycles. The van der Waals surface area contributed by atoms with Crippen molar-refractivity contribution in [1.29, 1.82) is 0 Å². The number of fused-ring (bicyclic) bond motifs is 24. The summed E-state index contributed by atoms with van der Waals surface area (Å²) in [5, 5.41) is 12.6. The quantitative estimate of drug-likeness (QED) is 0.159. The largest absolute Gasteiger partial charge is 0.310 e. The van der Waals surface area contributed by atoms with Crippen molar-refractivity contribution in [2.45, 2.75) is 36.5 Å². The van der Waals surface area contributed by atoms with Crippen molar-refractivity contribution in [1.82, 2.24) is 0 Å². The predicted molar refractivity (Wildman–Crippen MR) is 315 cm³/mol. The maximum absolute atomic E-state index is 2.65. The van der Waals surface area contributed by atoms with Crippen molar-refractivity contribution in [2.24, 2.45) is 0 Å². The third-order valence-corrected chi connectivity index (χ3v) is 18.4. The van der Waals surface area contributed by atoms with Crippen LogP contribution in [0.15, 0.2) is 249 Å². The van der Waals surface area contributed by atoms with Gasteiger partial charge in [-0.3, -0.25) is 0 Å². The fourth-order valence-corrected chi connectivity index (χ4v) is 15.4. The van der Waals surface area contributed by atoms with E-state index in [2.05, 4.69) is 254 Å². The van der Waals surface area contributed by atoms with E-state index in [0.717, 1.165) is 17.1 Å². The number of rotatable bonds is 4. The van der Waals surface area contributed by atoms with Crippen LogP contribution in [0.3, 0.4) is 0 Å². The van der Waals surface area contributed by atoms with Gasteiger partial charge in [-0.1, -0.05) is 219 Å². The number of anilines is 3. The van der Waals surface area contributed by atoms with Gasteiger partial charge >= 0.3 is 0 Å². The van der Waals surface area contributed by atoms with Crippen molar-refractivity contribution in [3.8, 4) is 44.5 Å². The maximum atomic E-state index is 2.65. The van der Waals surface area contributed by atoms with E-state index in [0.29, 0.717) is 0 Å². The van der Waals surface area contributed by atoms with Gasteiger partial charge in [-0.05, 0) is 181 Å². The average Bonchev–Trinajstić information content (AvgIpc) is 4.40. The Kier molecular flexibility index (Phi) is 8.43. The first-order valence-corrected chi connectivity index (χ1v) is 27.0. The second-order valence-corrected chi connectivity index (χ2v) is 21.7. The van der Waals surface area contributed by atoms with E-state index in [1.165, 1.54) is 157 Å². The molecule has 0 unspecified atom stereocenters. The normalized spacial score (nSPS) is 14.9. The Morgan fingerprint density at radius 3 is 1.31 bits per heavy atom. The molecular weight excluding hydrogens is 903 g/mol. The van der Waals surface area contributed by atoms with Gasteiger partial charge in [0.1, 0.15) is 0 Å². The van der Waals surface area contributed by atoms with Crippen LogP contribution in [0.4, 0.5) is 17.1 Å². The van der Waals surface area contributed by atoms with Crippen LogP contribution < -0.4 is 4.90 Å². The van der Waals surface area contributed by atoms with Gasteiger partial charge in [-0.25, -0.2) is 0 Å². The Morgan fingerprint density at radius 2 is 0.680 bits per heavy atom. The lowest BCUT2D eigenvalue weighted by atomic mass is 9.70. The van der Waals surface area contributed by atoms with E-state index >= 15 is 0 Å². The summed E-state index contributed by atoms with van der Waals surface area (Å²) in [7, 11) is 0. The molecule has 4 aliphatic rings. The number of hydrogen-bond donors (Lipinski definition) is 0. The van der Waals surface area contributed by atoms with Gasteiger partial charge in [0.2, 0.25) is 0 Å². The fraction of sp³-hybridized carbons (Fsp3) is 0.0811. The van der Waals surface area contributed by atoms with Gasteiger partial charge in [-0.15, -0.1) is 0 Å². The van der Waals surface area contributed by atoms with Crippen molar-refractivity contribution in [3.05, 3.63) is 282 Å². The van der Waals surface area contributed by atoms with Gasteiger partial charge in [-0.2, -0.15) is 0 Å². The topological polar surface area (TPSA) is 3.24 Å². The lowest BCUT2D eigenvalue weighted by molar-refractivity contribution is 0.550. The highest BCUT2D eigenvalue weighted by Crippen LogP contribution is 2.65. The molecule has 0 heterocycles. The van der Waals surface area contributed by atoms with Crippen LogP contribution in [0.25, 0.3) is 98.4 Å². The van der Waals surface area contributed by atoms with E-state index in [-0.39, 0.29) is 5.41 Å². The van der Waals surface area contributed by atoms with Crippen LogP contribution in [0, 0.1) is 0 Å². The molecule has 0 N–H and O–H groups in total. The van der Waals surface area contributed by atoms with E-state index < -0.39 is 5.41 Å². The molecule has 1 heteroatoms. The Hall–Kier alpha value is -9.04. The summed E-state index contributed by atoms with van der Waals surface area (Å²) in [5.41, 5.74) is 21.7. The minimum absolute atomic E-state index is 0.0579. The van der Waals surface area contributed by atoms with Gasteiger partial charge in [0, 0.05) is 22.4 Å². The molecule has 350 valence electrons. The second kappa shape index (κ2) is 15.3. The van der Waals surface area contributed by atoms with E-state index in [4.69, 9.17) is 0 Å². The first kappa shape index (κ1) is 41.4. The molecule has 1 saturated carbocycles. The van der Waals surface area contributed by atoms with Gasteiger partial charge in [0.15, 0.2) is 0 Å². The fourth-order valence-electron chi connectivity index (χ4n) is 15.4. The molecule has 13 aromatic rings. The van der Waals surface area contributed by atoms with Crippen molar-refractivity contribution in [3.63, 3.8) is 0 Å². The van der Waals surface area contributed by atoms with Crippen LogP contribution in [-0.2, 0) is 10.8 Å². The summed E-state index contributed by atoms with van der Waals surface area (Å²) >= 11 is 0. The SMILES string of the molecule is c1ccc2c(c1)-c1cc(N(c3ccc4c5ccccc5c5ccccc5c4c3)c3cc4c(cc3-c3cc5ccccc5c5ccccc35)-c3ccccc3C43c4ccccc4-c4ccccc43)ccc1C21CCCC1. The molecule has 1 nitrogen and oxygen atoms in total. The Balaban J connectivity index is 1.04. The number of nitrogens with zero attached hydrogens (tertiary/aromatic N) is 1. The van der Waals surface area contributed by atoms with Gasteiger partial charge in [0.05, 0.1) is 11.1 Å². The highest BCUT2D eigenvalue weighted by molar-refractivity contribution is 6.26. The molecular formula is C74H49N. The summed E-state index contributed by atoms with van der Waals surface area (Å²) in [5.74, 6) is 0. The number of hydrogen-bond acceptors (Lipinski definition) is 1. The molecule has 0 radical (unpaired) electrons. The highest BCUT2D eigenvalue weighted by atomic mass is 15.1. The first-order chi connectivity index (χ1) is 37.2. The van der Waals surface area contributed by atoms with Crippen LogP contribution in [0.5, 0.6) is 0 Å². The van der Waals surface area contributed by atoms with Crippen molar-refractivity contribution in [2.75, 3.05) is 4.90 Å². The maximum Gasteiger partial charge on any atom is 0.0726 e. The number of benzene rings is 13. The molecule has 17 rings (SSSR count). The van der Waals surface area contributed by atoms with E-state index in [1.54, 1.807) is 0 Å². The monoisotopic (exact) mass is 951 g/mol. The van der Waals surface area contributed by atoms with Crippen molar-refractivity contribution < 1.29 is 0 Å². The lowest BCUT2D eigenvalue weighted by Crippen LogP contribution is -2.26. The van der Waals surface area contributed by atoms with Gasteiger partial charge in [0.25, 0.3) is 0 Å². The van der Waals surface area contributed by atoms with Crippen LogP contribution in [0.1, 0.15) is 59.1 Å². The summed E-state index contributed by atoms with van der Waals surface area (Å²) in [6.45, 7) is 0. The molecule has 0 saturated heterocycles. The molecule has 2 spiro atoms. The molecule has 0 amide bonds. The average molecular weight is 952 g/mol. The molecule has 13 aromatic carbocycles. The molecule has 0 aromatic heterocycles. The van der Waals surface area contributed by atoms with Crippen LogP contribution in [-0.4, -0.2) is 0 Å². The zero-order valence-corrected chi connectivity index (χ0v) is 41.4. The van der Waals surface area contributed by atoms with E-state index in [9.17, 15) is 0 Å². The second-order valence-electron chi connectivity index (χ2n) is 21.7. The molecule has 75 heavy (non-hydrogen) atoms. The Labute approximate surface area is 436 Å². The zero-order chi connectivity index (χ0) is 49.0. The molecule has 0 atom stereocenters. The summed E-state index contributed by atoms with van der Waals surface area (Å²) in [6.07, 6.45) is 4.91. The zero-order valence-electron chi connectivity index (χ0n) is 41.4. The Bertz CT molecular complexity index is 4540. The van der Waals surface area contributed by atoms with Crippen molar-refractivity contribution >= 4 is 70.9 Å². The third kappa shape index (κ3) is 5.42. The summed E-state index contributed by atoms with van der Waals surface area (Å²) in [6, 6.07) is 95.6. The molecule has 0 aliphatic heterocycles. The van der Waals surface area contributed by atoms with E-state index in [1.807, 2.05) is 0 Å². The molecule has 0 bridgehead atoms. The summed E-state index contributed by atoms with van der Waals surface area (Å²) in [4.78, 5) is 2.65. The third-order valence-electron chi connectivity index (χ3n) is 18.4. The lowest BCUT2D eigenvalue weighted by Gasteiger charge is -2.34. The minimum atomic E-state index is -0.534. The predicted octanol–water partition coefficient (Wildman–Crippen LogP) is 19.8. The van der Waals surface area contributed by atoms with Crippen LogP contribution >= 0.6 is 0 Å². The minimum Gasteiger partial charge on any atom is -0.310 e. The first-order valence-electron chi connectivity index (χ1n) is 27.0. The Morgan fingerprint density at radius 1 is 0.253 bits per heavy atom.